The number of hydrogen-bond acceptors (Lipinski definition) is 7. The number of alkyl halides is 3. The quantitative estimate of drug-likeness (QED) is 0.199. The Morgan fingerprint density at radius 1 is 1.06 bits per heavy atom. The summed E-state index contributed by atoms with van der Waals surface area (Å²) in [5.74, 6) is 1.70. The summed E-state index contributed by atoms with van der Waals surface area (Å²) in [4.78, 5) is 13.5. The molecule has 7 nitrogen and oxygen atoms in total. The van der Waals surface area contributed by atoms with Crippen molar-refractivity contribution in [3.05, 3.63) is 66.5 Å². The average Bonchev–Trinajstić information content (AvgIpc) is 3.07. The van der Waals surface area contributed by atoms with Crippen LogP contribution in [0.2, 0.25) is 0 Å². The van der Waals surface area contributed by atoms with Gasteiger partial charge in [-0.3, -0.25) is 4.98 Å². The summed E-state index contributed by atoms with van der Waals surface area (Å²) in [6.45, 7) is 0. The second-order valence-corrected chi connectivity index (χ2v) is 7.92. The maximum atomic E-state index is 12.5. The molecule has 33 heavy (non-hydrogen) atoms. The number of halogens is 3. The number of benzene rings is 2. The van der Waals surface area contributed by atoms with Crippen molar-refractivity contribution in [2.24, 2.45) is 12.2 Å². The van der Waals surface area contributed by atoms with Crippen molar-refractivity contribution in [2.45, 2.75) is 10.4 Å². The van der Waals surface area contributed by atoms with E-state index in [9.17, 15) is 13.2 Å². The summed E-state index contributed by atoms with van der Waals surface area (Å²) in [6, 6.07) is 14.9. The van der Waals surface area contributed by atoms with Crippen molar-refractivity contribution in [3.63, 3.8) is 0 Å². The van der Waals surface area contributed by atoms with Crippen LogP contribution < -0.4 is 10.1 Å². The van der Waals surface area contributed by atoms with Crippen molar-refractivity contribution in [1.29, 1.82) is 0 Å². The lowest BCUT2D eigenvalue weighted by atomic mass is 10.3. The fourth-order valence-electron chi connectivity index (χ4n) is 3.03. The number of aromatic nitrogens is 3. The van der Waals surface area contributed by atoms with Crippen LogP contribution >= 0.6 is 11.8 Å². The molecule has 170 valence electrons. The minimum absolute atomic E-state index is 0.118. The SMILES string of the molecule is CON=Cc1cc(Oc2ccc3c(c2)nc(Nc2ccc(SC(F)(F)F)cc2)n3C)ccn1. The molecular weight excluding hydrogens is 455 g/mol. The lowest BCUT2D eigenvalue weighted by Gasteiger charge is -2.08. The summed E-state index contributed by atoms with van der Waals surface area (Å²) >= 11 is -0.150. The number of ether oxygens (including phenoxy) is 1. The molecule has 0 unspecified atom stereocenters. The Balaban J connectivity index is 1.52. The van der Waals surface area contributed by atoms with E-state index in [-0.39, 0.29) is 16.7 Å². The molecular formula is C22H18F3N5O2S. The van der Waals surface area contributed by atoms with Gasteiger partial charge in [-0.05, 0) is 54.2 Å². The molecule has 0 bridgehead atoms. The zero-order valence-corrected chi connectivity index (χ0v) is 18.3. The summed E-state index contributed by atoms with van der Waals surface area (Å²) < 4.78 is 45.3. The molecule has 0 radical (unpaired) electrons. The van der Waals surface area contributed by atoms with Gasteiger partial charge in [0, 0.05) is 36.0 Å². The highest BCUT2D eigenvalue weighted by atomic mass is 32.2. The Morgan fingerprint density at radius 3 is 2.55 bits per heavy atom. The molecule has 0 aliphatic heterocycles. The zero-order valence-electron chi connectivity index (χ0n) is 17.5. The number of nitrogens with zero attached hydrogens (tertiary/aromatic N) is 4. The van der Waals surface area contributed by atoms with E-state index >= 15 is 0 Å². The number of anilines is 2. The Bertz CT molecular complexity index is 1290. The van der Waals surface area contributed by atoms with E-state index in [0.717, 1.165) is 5.52 Å². The Hall–Kier alpha value is -3.73. The number of imidazole rings is 1. The summed E-state index contributed by atoms with van der Waals surface area (Å²) in [7, 11) is 3.29. The molecule has 0 saturated heterocycles. The molecule has 0 saturated carbocycles. The standard InChI is InChI=1S/C22H18F3N5O2S/c1-30-20-8-5-16(32-17-9-10-26-15(11-17)13-27-31-2)12-19(20)29-21(30)28-14-3-6-18(7-4-14)33-22(23,24)25/h3-13H,1-2H3,(H,28,29). The number of thioether (sulfide) groups is 1. The Kier molecular flexibility index (Phi) is 6.40. The lowest BCUT2D eigenvalue weighted by Crippen LogP contribution is -2.00. The normalized spacial score (nSPS) is 11.8. The lowest BCUT2D eigenvalue weighted by molar-refractivity contribution is -0.0328. The fourth-order valence-corrected chi connectivity index (χ4v) is 3.57. The van der Waals surface area contributed by atoms with E-state index in [4.69, 9.17) is 4.74 Å². The molecule has 0 fully saturated rings. The molecule has 0 spiro atoms. The van der Waals surface area contributed by atoms with Crippen LogP contribution in [0, 0.1) is 0 Å². The highest BCUT2D eigenvalue weighted by Crippen LogP contribution is 2.37. The highest BCUT2D eigenvalue weighted by Gasteiger charge is 2.29. The van der Waals surface area contributed by atoms with Gasteiger partial charge in [0.2, 0.25) is 5.95 Å². The highest BCUT2D eigenvalue weighted by molar-refractivity contribution is 8.00. The van der Waals surface area contributed by atoms with E-state index in [1.807, 2.05) is 23.7 Å². The van der Waals surface area contributed by atoms with Gasteiger partial charge in [-0.1, -0.05) is 5.16 Å². The topological polar surface area (TPSA) is 73.6 Å². The second-order valence-electron chi connectivity index (χ2n) is 6.78. The molecule has 0 aliphatic carbocycles. The number of pyridine rings is 1. The van der Waals surface area contributed by atoms with Gasteiger partial charge >= 0.3 is 5.51 Å². The first kappa shape index (κ1) is 22.5. The van der Waals surface area contributed by atoms with Gasteiger partial charge in [-0.15, -0.1) is 0 Å². The Labute approximate surface area is 191 Å². The third-order valence-corrected chi connectivity index (χ3v) is 5.21. The van der Waals surface area contributed by atoms with Crippen molar-refractivity contribution in [2.75, 3.05) is 12.4 Å². The van der Waals surface area contributed by atoms with Crippen LogP contribution in [0.4, 0.5) is 24.8 Å². The average molecular weight is 473 g/mol. The number of oxime groups is 1. The smallest absolute Gasteiger partial charge is 0.446 e. The maximum absolute atomic E-state index is 12.5. The van der Waals surface area contributed by atoms with E-state index < -0.39 is 5.51 Å². The zero-order chi connectivity index (χ0) is 23.4. The third-order valence-electron chi connectivity index (χ3n) is 4.47. The first-order valence-corrected chi connectivity index (χ1v) is 10.4. The molecule has 0 atom stereocenters. The predicted molar refractivity (Wildman–Crippen MR) is 121 cm³/mol. The van der Waals surface area contributed by atoms with E-state index in [1.54, 1.807) is 36.5 Å². The number of fused-ring (bicyclic) bond motifs is 1. The van der Waals surface area contributed by atoms with Crippen LogP contribution in [-0.2, 0) is 11.9 Å². The fraction of sp³-hybridized carbons (Fsp3) is 0.136. The summed E-state index contributed by atoms with van der Waals surface area (Å²) in [5.41, 5.74) is -1.56. The summed E-state index contributed by atoms with van der Waals surface area (Å²) in [5, 5.41) is 6.82. The number of rotatable bonds is 7. The third kappa shape index (κ3) is 5.75. The molecule has 2 aromatic heterocycles. The van der Waals surface area contributed by atoms with Crippen molar-refractivity contribution >= 4 is 40.6 Å². The molecule has 2 heterocycles. The van der Waals surface area contributed by atoms with Crippen LogP contribution in [0.5, 0.6) is 11.5 Å². The molecule has 0 amide bonds. The van der Waals surface area contributed by atoms with E-state index in [2.05, 4.69) is 25.3 Å². The van der Waals surface area contributed by atoms with Gasteiger partial charge in [-0.2, -0.15) is 13.2 Å². The van der Waals surface area contributed by atoms with Crippen LogP contribution in [-0.4, -0.2) is 33.4 Å². The van der Waals surface area contributed by atoms with E-state index in [1.165, 1.54) is 25.5 Å². The largest absolute Gasteiger partial charge is 0.457 e. The molecule has 1 N–H and O–H groups in total. The van der Waals surface area contributed by atoms with Gasteiger partial charge in [-0.25, -0.2) is 4.98 Å². The van der Waals surface area contributed by atoms with Gasteiger partial charge < -0.3 is 19.5 Å². The Morgan fingerprint density at radius 2 is 1.82 bits per heavy atom. The van der Waals surface area contributed by atoms with Crippen LogP contribution in [0.3, 0.4) is 0 Å². The summed E-state index contributed by atoms with van der Waals surface area (Å²) in [6.07, 6.45) is 3.08. The molecule has 4 rings (SSSR count). The minimum Gasteiger partial charge on any atom is -0.457 e. The van der Waals surface area contributed by atoms with Gasteiger partial charge in [0.15, 0.2) is 0 Å². The number of aryl methyl sites for hydroxylation is 1. The van der Waals surface area contributed by atoms with Crippen LogP contribution in [0.1, 0.15) is 5.69 Å². The van der Waals surface area contributed by atoms with Gasteiger partial charge in [0.25, 0.3) is 0 Å². The first-order valence-electron chi connectivity index (χ1n) is 9.60. The molecule has 0 aliphatic rings. The second kappa shape index (κ2) is 9.41. The van der Waals surface area contributed by atoms with Crippen molar-refractivity contribution in [3.8, 4) is 11.5 Å². The monoisotopic (exact) mass is 473 g/mol. The first-order chi connectivity index (χ1) is 15.8. The van der Waals surface area contributed by atoms with Crippen molar-refractivity contribution < 1.29 is 22.7 Å². The predicted octanol–water partition coefficient (Wildman–Crippen LogP) is 6.10. The van der Waals surface area contributed by atoms with Gasteiger partial charge in [0.05, 0.1) is 22.9 Å². The van der Waals surface area contributed by atoms with Crippen molar-refractivity contribution in [1.82, 2.24) is 14.5 Å². The minimum atomic E-state index is -4.32. The molecule has 4 aromatic rings. The maximum Gasteiger partial charge on any atom is 0.446 e. The van der Waals surface area contributed by atoms with Gasteiger partial charge in [0.1, 0.15) is 18.6 Å². The van der Waals surface area contributed by atoms with Crippen LogP contribution in [0.25, 0.3) is 11.0 Å². The number of nitrogens with one attached hydrogen (secondary N) is 1. The molecule has 2 aromatic carbocycles. The number of hydrogen-bond donors (Lipinski definition) is 1. The van der Waals surface area contributed by atoms with Crippen LogP contribution in [0.15, 0.2) is 70.8 Å². The molecule has 11 heteroatoms. The van der Waals surface area contributed by atoms with E-state index in [0.29, 0.717) is 34.3 Å².